The summed E-state index contributed by atoms with van der Waals surface area (Å²) in [4.78, 5) is 11.1. The first-order chi connectivity index (χ1) is 8.56. The van der Waals surface area contributed by atoms with Crippen LogP contribution in [0.5, 0.6) is 0 Å². The van der Waals surface area contributed by atoms with Gasteiger partial charge >= 0.3 is 0 Å². The molecule has 4 nitrogen and oxygen atoms in total. The Morgan fingerprint density at radius 1 is 1.28 bits per heavy atom. The summed E-state index contributed by atoms with van der Waals surface area (Å²) in [6.07, 6.45) is 0. The molecule has 2 unspecified atom stereocenters. The number of amides is 1. The summed E-state index contributed by atoms with van der Waals surface area (Å²) >= 11 is 0. The highest BCUT2D eigenvalue weighted by molar-refractivity contribution is 7.85. The minimum atomic E-state index is -1.16. The van der Waals surface area contributed by atoms with Gasteiger partial charge in [0.15, 0.2) is 0 Å². The van der Waals surface area contributed by atoms with E-state index in [9.17, 15) is 9.00 Å². The fourth-order valence-electron chi connectivity index (χ4n) is 1.61. The number of nitrogens with one attached hydrogen (secondary N) is 2. The number of aryl methyl sites for hydroxylation is 1. The van der Waals surface area contributed by atoms with Crippen LogP contribution in [-0.2, 0) is 15.6 Å². The molecule has 2 N–H and O–H groups in total. The predicted octanol–water partition coefficient (Wildman–Crippen LogP) is 0.750. The molecule has 5 heteroatoms. The number of hydrogen-bond donors (Lipinski definition) is 2. The summed E-state index contributed by atoms with van der Waals surface area (Å²) in [6.45, 7) is 2.03. The van der Waals surface area contributed by atoms with Gasteiger partial charge in [0.25, 0.3) is 0 Å². The van der Waals surface area contributed by atoms with Crippen LogP contribution in [0.3, 0.4) is 0 Å². The smallest absolute Gasteiger partial charge is 0.232 e. The van der Waals surface area contributed by atoms with Gasteiger partial charge in [-0.05, 0) is 19.5 Å². The molecule has 0 aliphatic heterocycles. The Morgan fingerprint density at radius 3 is 2.39 bits per heavy atom. The quantitative estimate of drug-likeness (QED) is 0.800. The molecule has 0 aromatic heterocycles. The number of carbonyl (C=O) groups excluding carboxylic acids is 1. The van der Waals surface area contributed by atoms with Gasteiger partial charge in [-0.25, -0.2) is 0 Å². The van der Waals surface area contributed by atoms with E-state index in [0.717, 1.165) is 5.56 Å². The SMILES string of the molecule is CNC(=O)CS(=O)CC(NC)c1ccc(C)cc1. The van der Waals surface area contributed by atoms with Crippen LogP contribution in [-0.4, -0.2) is 35.7 Å². The molecule has 1 aromatic rings. The van der Waals surface area contributed by atoms with Gasteiger partial charge in [0, 0.05) is 29.6 Å². The number of carbonyl (C=O) groups is 1. The Balaban J connectivity index is 2.64. The van der Waals surface area contributed by atoms with E-state index in [0.29, 0.717) is 5.75 Å². The fraction of sp³-hybridized carbons (Fsp3) is 0.462. The summed E-state index contributed by atoms with van der Waals surface area (Å²) in [6, 6.07) is 8.11. The molecule has 0 bridgehead atoms. The third-order valence-corrected chi connectivity index (χ3v) is 4.04. The lowest BCUT2D eigenvalue weighted by Gasteiger charge is -2.16. The number of hydrogen-bond acceptors (Lipinski definition) is 3. The van der Waals surface area contributed by atoms with Gasteiger partial charge in [-0.2, -0.15) is 0 Å². The van der Waals surface area contributed by atoms with Crippen molar-refractivity contribution in [2.24, 2.45) is 0 Å². The van der Waals surface area contributed by atoms with Gasteiger partial charge in [0.05, 0.1) is 0 Å². The first kappa shape index (κ1) is 14.9. The highest BCUT2D eigenvalue weighted by atomic mass is 32.2. The van der Waals surface area contributed by atoms with Crippen molar-refractivity contribution in [3.8, 4) is 0 Å². The molecule has 0 radical (unpaired) electrons. The van der Waals surface area contributed by atoms with Crippen LogP contribution >= 0.6 is 0 Å². The largest absolute Gasteiger partial charge is 0.358 e. The molecule has 0 aliphatic carbocycles. The second-order valence-electron chi connectivity index (χ2n) is 4.18. The van der Waals surface area contributed by atoms with Crippen molar-refractivity contribution in [1.29, 1.82) is 0 Å². The zero-order valence-electron chi connectivity index (χ0n) is 11.0. The third kappa shape index (κ3) is 4.58. The van der Waals surface area contributed by atoms with Crippen molar-refractivity contribution >= 4 is 16.7 Å². The second kappa shape index (κ2) is 7.28. The van der Waals surface area contributed by atoms with Crippen LogP contribution in [0, 0.1) is 6.92 Å². The molecule has 18 heavy (non-hydrogen) atoms. The normalized spacial score (nSPS) is 13.9. The molecule has 1 rings (SSSR count). The fourth-order valence-corrected chi connectivity index (χ4v) is 2.89. The van der Waals surface area contributed by atoms with E-state index in [2.05, 4.69) is 10.6 Å². The van der Waals surface area contributed by atoms with Gasteiger partial charge in [-0.1, -0.05) is 29.8 Å². The van der Waals surface area contributed by atoms with Crippen molar-refractivity contribution in [3.05, 3.63) is 35.4 Å². The minimum absolute atomic E-state index is 0.0103. The summed E-state index contributed by atoms with van der Waals surface area (Å²) in [5.41, 5.74) is 2.29. The summed E-state index contributed by atoms with van der Waals surface area (Å²) < 4.78 is 11.8. The van der Waals surface area contributed by atoms with Crippen LogP contribution < -0.4 is 10.6 Å². The van der Waals surface area contributed by atoms with E-state index < -0.39 is 10.8 Å². The Kier molecular flexibility index (Phi) is 6.01. The molecule has 0 saturated heterocycles. The Morgan fingerprint density at radius 2 is 1.89 bits per heavy atom. The molecule has 0 heterocycles. The molecule has 0 fully saturated rings. The molecule has 100 valence electrons. The maximum atomic E-state index is 11.8. The van der Waals surface area contributed by atoms with Gasteiger partial charge in [0.2, 0.25) is 5.91 Å². The van der Waals surface area contributed by atoms with Gasteiger partial charge in [-0.15, -0.1) is 0 Å². The molecule has 1 amide bonds. The molecule has 0 saturated carbocycles. The highest BCUT2D eigenvalue weighted by Gasteiger charge is 2.14. The summed E-state index contributed by atoms with van der Waals surface area (Å²) in [5, 5.41) is 5.62. The van der Waals surface area contributed by atoms with Crippen LogP contribution in [0.4, 0.5) is 0 Å². The van der Waals surface area contributed by atoms with E-state index in [1.165, 1.54) is 5.56 Å². The minimum Gasteiger partial charge on any atom is -0.358 e. The maximum absolute atomic E-state index is 11.8. The highest BCUT2D eigenvalue weighted by Crippen LogP contribution is 2.14. The van der Waals surface area contributed by atoms with Crippen molar-refractivity contribution in [3.63, 3.8) is 0 Å². The molecule has 0 spiro atoms. The van der Waals surface area contributed by atoms with Crippen molar-refractivity contribution < 1.29 is 9.00 Å². The third-order valence-electron chi connectivity index (χ3n) is 2.75. The second-order valence-corrected chi connectivity index (χ2v) is 5.68. The van der Waals surface area contributed by atoms with E-state index in [-0.39, 0.29) is 17.7 Å². The van der Waals surface area contributed by atoms with E-state index in [1.807, 2.05) is 38.2 Å². The van der Waals surface area contributed by atoms with Crippen molar-refractivity contribution in [2.75, 3.05) is 25.6 Å². The summed E-state index contributed by atoms with van der Waals surface area (Å²) in [7, 11) is 2.23. The van der Waals surface area contributed by atoms with Crippen LogP contribution in [0.1, 0.15) is 17.2 Å². The predicted molar refractivity (Wildman–Crippen MR) is 74.9 cm³/mol. The standard InChI is InChI=1S/C13H20N2O2S/c1-10-4-6-11(7-5-10)12(14-2)8-18(17)9-13(16)15-3/h4-7,12,14H,8-9H2,1-3H3,(H,15,16). The van der Waals surface area contributed by atoms with Gasteiger partial charge < -0.3 is 10.6 Å². The average Bonchev–Trinajstić information content (AvgIpc) is 2.37. The topological polar surface area (TPSA) is 58.2 Å². The molecular weight excluding hydrogens is 248 g/mol. The Hall–Kier alpha value is -1.20. The van der Waals surface area contributed by atoms with Crippen LogP contribution in [0.15, 0.2) is 24.3 Å². The first-order valence-corrected chi connectivity index (χ1v) is 7.35. The molecule has 1 aromatic carbocycles. The Labute approximate surface area is 111 Å². The van der Waals surface area contributed by atoms with E-state index in [1.54, 1.807) is 7.05 Å². The maximum Gasteiger partial charge on any atom is 0.232 e. The van der Waals surface area contributed by atoms with Crippen LogP contribution in [0.25, 0.3) is 0 Å². The molecule has 0 aliphatic rings. The van der Waals surface area contributed by atoms with E-state index >= 15 is 0 Å². The first-order valence-electron chi connectivity index (χ1n) is 5.86. The van der Waals surface area contributed by atoms with Crippen LogP contribution in [0.2, 0.25) is 0 Å². The number of rotatable bonds is 6. The Bertz CT molecular complexity index is 418. The van der Waals surface area contributed by atoms with E-state index in [4.69, 9.17) is 0 Å². The van der Waals surface area contributed by atoms with Crippen molar-refractivity contribution in [1.82, 2.24) is 10.6 Å². The molecular formula is C13H20N2O2S. The monoisotopic (exact) mass is 268 g/mol. The lowest BCUT2D eigenvalue weighted by atomic mass is 10.1. The zero-order chi connectivity index (χ0) is 13.5. The number of benzene rings is 1. The van der Waals surface area contributed by atoms with Gasteiger partial charge in [-0.3, -0.25) is 9.00 Å². The van der Waals surface area contributed by atoms with Crippen molar-refractivity contribution in [2.45, 2.75) is 13.0 Å². The summed E-state index contributed by atoms with van der Waals surface area (Å²) in [5.74, 6) is 0.306. The lowest BCUT2D eigenvalue weighted by molar-refractivity contribution is -0.118. The zero-order valence-corrected chi connectivity index (χ0v) is 11.8. The average molecular weight is 268 g/mol. The lowest BCUT2D eigenvalue weighted by Crippen LogP contribution is -2.29. The van der Waals surface area contributed by atoms with Gasteiger partial charge in [0.1, 0.15) is 5.75 Å². The molecule has 2 atom stereocenters.